The van der Waals surface area contributed by atoms with Crippen molar-refractivity contribution in [2.24, 2.45) is 0 Å². The molecule has 0 atom stereocenters. The van der Waals surface area contributed by atoms with Gasteiger partial charge in [0.05, 0.1) is 5.69 Å². The van der Waals surface area contributed by atoms with Gasteiger partial charge in [0.1, 0.15) is 5.01 Å². The zero-order valence-electron chi connectivity index (χ0n) is 12.9. The predicted molar refractivity (Wildman–Crippen MR) is 88.1 cm³/mol. The normalized spacial score (nSPS) is 11.8. The summed E-state index contributed by atoms with van der Waals surface area (Å²) in [6, 6.07) is 10.5. The Kier molecular flexibility index (Phi) is 4.95. The van der Waals surface area contributed by atoms with E-state index < -0.39 is 0 Å². The Labute approximate surface area is 126 Å². The van der Waals surface area contributed by atoms with E-state index in [1.807, 2.05) is 17.4 Å². The molecule has 0 fully saturated rings. The minimum absolute atomic E-state index is 0.139. The van der Waals surface area contributed by atoms with Gasteiger partial charge >= 0.3 is 0 Å². The molecule has 20 heavy (non-hydrogen) atoms. The van der Waals surface area contributed by atoms with E-state index in [1.54, 1.807) is 0 Å². The number of aromatic nitrogens is 1. The van der Waals surface area contributed by atoms with E-state index >= 15 is 0 Å². The first-order valence-electron chi connectivity index (χ1n) is 7.28. The van der Waals surface area contributed by atoms with Crippen molar-refractivity contribution in [3.8, 4) is 10.6 Å². The third-order valence-electron chi connectivity index (χ3n) is 3.07. The van der Waals surface area contributed by atoms with E-state index in [-0.39, 0.29) is 5.54 Å². The lowest BCUT2D eigenvalue weighted by molar-refractivity contribution is 0.425. The van der Waals surface area contributed by atoms with Gasteiger partial charge in [-0.1, -0.05) is 43.7 Å². The second kappa shape index (κ2) is 6.51. The summed E-state index contributed by atoms with van der Waals surface area (Å²) in [6.07, 6.45) is 2.20. The Morgan fingerprint density at radius 1 is 1.15 bits per heavy atom. The summed E-state index contributed by atoms with van der Waals surface area (Å²) in [7, 11) is 0. The first-order chi connectivity index (χ1) is 9.49. The lowest BCUT2D eigenvalue weighted by Crippen LogP contribution is -2.35. The summed E-state index contributed by atoms with van der Waals surface area (Å²) in [5.74, 6) is 0. The summed E-state index contributed by atoms with van der Waals surface area (Å²) in [5, 5.41) is 4.71. The summed E-state index contributed by atoms with van der Waals surface area (Å²) in [5.41, 5.74) is 2.62. The summed E-state index contributed by atoms with van der Waals surface area (Å²) in [4.78, 5) is 6.22. The molecule has 108 valence electrons. The monoisotopic (exact) mass is 288 g/mol. The van der Waals surface area contributed by atoms with Gasteiger partial charge in [0, 0.05) is 22.5 Å². The number of hydrogen-bond donors (Lipinski definition) is 1. The van der Waals surface area contributed by atoms with Crippen LogP contribution in [0.4, 0.5) is 0 Å². The molecule has 2 aromatic rings. The fourth-order valence-corrected chi connectivity index (χ4v) is 3.06. The smallest absolute Gasteiger partial charge is 0.123 e. The molecule has 0 aliphatic rings. The number of thiazole rings is 1. The number of benzene rings is 1. The van der Waals surface area contributed by atoms with Crippen molar-refractivity contribution in [1.82, 2.24) is 10.3 Å². The van der Waals surface area contributed by atoms with Crippen LogP contribution in [0.3, 0.4) is 0 Å². The molecule has 3 heteroatoms. The van der Waals surface area contributed by atoms with E-state index in [4.69, 9.17) is 4.98 Å². The van der Waals surface area contributed by atoms with Crippen LogP contribution in [-0.2, 0) is 13.0 Å². The van der Waals surface area contributed by atoms with Crippen LogP contribution < -0.4 is 5.32 Å². The van der Waals surface area contributed by atoms with Gasteiger partial charge in [0.2, 0.25) is 0 Å². The third kappa shape index (κ3) is 4.15. The van der Waals surface area contributed by atoms with Gasteiger partial charge < -0.3 is 5.32 Å². The van der Waals surface area contributed by atoms with Gasteiger partial charge in [-0.25, -0.2) is 4.98 Å². The molecular weight excluding hydrogens is 264 g/mol. The molecule has 0 unspecified atom stereocenters. The fraction of sp³-hybridized carbons (Fsp3) is 0.471. The van der Waals surface area contributed by atoms with E-state index in [0.717, 1.165) is 24.4 Å². The molecule has 1 heterocycles. The third-order valence-corrected chi connectivity index (χ3v) is 4.21. The van der Waals surface area contributed by atoms with Crippen LogP contribution in [0.15, 0.2) is 30.3 Å². The Balaban J connectivity index is 2.24. The van der Waals surface area contributed by atoms with Crippen molar-refractivity contribution in [3.05, 3.63) is 40.9 Å². The first kappa shape index (κ1) is 15.2. The number of rotatable bonds is 5. The summed E-state index contributed by atoms with van der Waals surface area (Å²) < 4.78 is 0. The molecule has 0 aliphatic heterocycles. The highest BCUT2D eigenvalue weighted by molar-refractivity contribution is 7.15. The Morgan fingerprint density at radius 3 is 2.45 bits per heavy atom. The van der Waals surface area contributed by atoms with Crippen LogP contribution >= 0.6 is 11.3 Å². The molecule has 0 spiro atoms. The molecule has 2 rings (SSSR count). The second-order valence-electron chi connectivity index (χ2n) is 6.11. The standard InChI is InChI=1S/C17H24N2S/c1-5-9-14-15(12-18-17(2,3)4)20-16(19-14)13-10-7-6-8-11-13/h6-8,10-11,18H,5,9,12H2,1-4H3. The van der Waals surface area contributed by atoms with Crippen LogP contribution in [0, 0.1) is 0 Å². The van der Waals surface area contributed by atoms with Crippen LogP contribution in [-0.4, -0.2) is 10.5 Å². The van der Waals surface area contributed by atoms with Gasteiger partial charge in [-0.2, -0.15) is 0 Å². The molecule has 0 radical (unpaired) electrons. The SMILES string of the molecule is CCCc1nc(-c2ccccc2)sc1CNC(C)(C)C. The summed E-state index contributed by atoms with van der Waals surface area (Å²) >= 11 is 1.82. The summed E-state index contributed by atoms with van der Waals surface area (Å²) in [6.45, 7) is 9.72. The molecule has 0 saturated carbocycles. The highest BCUT2D eigenvalue weighted by Gasteiger charge is 2.15. The highest BCUT2D eigenvalue weighted by atomic mass is 32.1. The minimum Gasteiger partial charge on any atom is -0.307 e. The molecule has 2 nitrogen and oxygen atoms in total. The Bertz CT molecular complexity index is 538. The molecule has 0 bridgehead atoms. The van der Waals surface area contributed by atoms with E-state index in [2.05, 4.69) is 57.3 Å². The van der Waals surface area contributed by atoms with Gasteiger partial charge in [0.15, 0.2) is 0 Å². The lowest BCUT2D eigenvalue weighted by Gasteiger charge is -2.20. The maximum absolute atomic E-state index is 4.85. The second-order valence-corrected chi connectivity index (χ2v) is 7.19. The maximum atomic E-state index is 4.85. The predicted octanol–water partition coefficient (Wildman–Crippen LogP) is 4.65. The largest absolute Gasteiger partial charge is 0.307 e. The van der Waals surface area contributed by atoms with Crippen LogP contribution in [0.5, 0.6) is 0 Å². The molecule has 1 aromatic carbocycles. The number of aryl methyl sites for hydroxylation is 1. The van der Waals surface area contributed by atoms with E-state index in [0.29, 0.717) is 0 Å². The van der Waals surface area contributed by atoms with Gasteiger partial charge in [0.25, 0.3) is 0 Å². The van der Waals surface area contributed by atoms with Crippen molar-refractivity contribution in [2.75, 3.05) is 0 Å². The molecule has 1 N–H and O–H groups in total. The van der Waals surface area contributed by atoms with Gasteiger partial charge in [-0.3, -0.25) is 0 Å². The van der Waals surface area contributed by atoms with Gasteiger partial charge in [-0.15, -0.1) is 11.3 Å². The molecule has 0 saturated heterocycles. The molecular formula is C17H24N2S. The van der Waals surface area contributed by atoms with Crippen molar-refractivity contribution in [1.29, 1.82) is 0 Å². The molecule has 0 aliphatic carbocycles. The molecule has 0 amide bonds. The number of hydrogen-bond acceptors (Lipinski definition) is 3. The van der Waals surface area contributed by atoms with E-state index in [9.17, 15) is 0 Å². The topological polar surface area (TPSA) is 24.9 Å². The lowest BCUT2D eigenvalue weighted by atomic mass is 10.1. The number of nitrogens with zero attached hydrogens (tertiary/aromatic N) is 1. The highest BCUT2D eigenvalue weighted by Crippen LogP contribution is 2.29. The van der Waals surface area contributed by atoms with Crippen LogP contribution in [0.2, 0.25) is 0 Å². The van der Waals surface area contributed by atoms with Crippen LogP contribution in [0.25, 0.3) is 10.6 Å². The number of nitrogens with one attached hydrogen (secondary N) is 1. The average molecular weight is 288 g/mol. The Hall–Kier alpha value is -1.19. The molecule has 1 aromatic heterocycles. The fourth-order valence-electron chi connectivity index (χ4n) is 2.00. The maximum Gasteiger partial charge on any atom is 0.123 e. The van der Waals surface area contributed by atoms with E-state index in [1.165, 1.54) is 16.1 Å². The zero-order chi connectivity index (χ0) is 14.6. The van der Waals surface area contributed by atoms with Crippen LogP contribution in [0.1, 0.15) is 44.7 Å². The minimum atomic E-state index is 0.139. The van der Waals surface area contributed by atoms with Crippen molar-refractivity contribution < 1.29 is 0 Å². The van der Waals surface area contributed by atoms with Crippen molar-refractivity contribution >= 4 is 11.3 Å². The Morgan fingerprint density at radius 2 is 1.85 bits per heavy atom. The first-order valence-corrected chi connectivity index (χ1v) is 8.10. The quantitative estimate of drug-likeness (QED) is 0.866. The van der Waals surface area contributed by atoms with Crippen molar-refractivity contribution in [3.63, 3.8) is 0 Å². The average Bonchev–Trinajstić information content (AvgIpc) is 2.80. The van der Waals surface area contributed by atoms with Crippen molar-refractivity contribution in [2.45, 2.75) is 52.6 Å². The zero-order valence-corrected chi connectivity index (χ0v) is 13.7. The van der Waals surface area contributed by atoms with Gasteiger partial charge in [-0.05, 0) is 27.2 Å².